The van der Waals surface area contributed by atoms with Crippen LogP contribution in [-0.2, 0) is 6.54 Å². The highest BCUT2D eigenvalue weighted by atomic mass is 16.5. The van der Waals surface area contributed by atoms with E-state index in [9.17, 15) is 4.79 Å². The Balaban J connectivity index is 1.61. The topological polar surface area (TPSA) is 94.2 Å². The molecule has 3 aromatic rings. The molecule has 0 aliphatic carbocycles. The minimum absolute atomic E-state index is 0.437. The van der Waals surface area contributed by atoms with Crippen molar-refractivity contribution in [3.8, 4) is 22.8 Å². The normalized spacial score (nSPS) is 17.3. The van der Waals surface area contributed by atoms with Gasteiger partial charge in [-0.25, -0.2) is 4.68 Å². The number of amides is 1. The number of aromatic nitrogens is 2. The Morgan fingerprint density at radius 1 is 1.06 bits per heavy atom. The van der Waals surface area contributed by atoms with Crippen molar-refractivity contribution in [3.63, 3.8) is 0 Å². The molecule has 7 heteroatoms. The van der Waals surface area contributed by atoms with Gasteiger partial charge in [-0.1, -0.05) is 31.5 Å². The summed E-state index contributed by atoms with van der Waals surface area (Å²) in [7, 11) is 0. The number of primary amides is 1. The molecule has 1 aliphatic rings. The number of para-hydroxylation sites is 1. The maximum atomic E-state index is 12.4. The van der Waals surface area contributed by atoms with Gasteiger partial charge in [0, 0.05) is 18.7 Å². The van der Waals surface area contributed by atoms with Gasteiger partial charge >= 0.3 is 0 Å². The third-order valence-electron chi connectivity index (χ3n) is 5.71. The average Bonchev–Trinajstić information content (AvgIpc) is 3.15. The maximum Gasteiger partial charge on any atom is 0.254 e. The lowest BCUT2D eigenvalue weighted by atomic mass is 10.0. The van der Waals surface area contributed by atoms with E-state index in [0.29, 0.717) is 29.5 Å². The van der Waals surface area contributed by atoms with Crippen molar-refractivity contribution < 1.29 is 9.53 Å². The highest BCUT2D eigenvalue weighted by Crippen LogP contribution is 2.31. The second kappa shape index (κ2) is 10.3. The smallest absolute Gasteiger partial charge is 0.254 e. The molecule has 1 aromatic heterocycles. The van der Waals surface area contributed by atoms with E-state index in [1.807, 2.05) is 59.3 Å². The zero-order valence-corrected chi connectivity index (χ0v) is 18.5. The third-order valence-corrected chi connectivity index (χ3v) is 5.71. The summed E-state index contributed by atoms with van der Waals surface area (Å²) in [6.45, 7) is 5.49. The molecule has 0 bridgehead atoms. The van der Waals surface area contributed by atoms with Crippen LogP contribution in [0.3, 0.4) is 0 Å². The number of hydrogen-bond donors (Lipinski definition) is 3. The summed E-state index contributed by atoms with van der Waals surface area (Å²) in [6.07, 6.45) is 3.37. The quantitative estimate of drug-likeness (QED) is 0.571. The molecular weight excluding hydrogens is 402 g/mol. The largest absolute Gasteiger partial charge is 0.457 e. The number of anilines is 1. The Morgan fingerprint density at radius 2 is 1.81 bits per heavy atom. The number of hydrogen-bond acceptors (Lipinski definition) is 5. The number of fused-ring (bicyclic) bond motifs is 1. The summed E-state index contributed by atoms with van der Waals surface area (Å²) in [6, 6.07) is 17.2. The van der Waals surface area contributed by atoms with Gasteiger partial charge in [0.05, 0.1) is 6.54 Å². The van der Waals surface area contributed by atoms with Gasteiger partial charge in [-0.05, 0) is 61.7 Å². The van der Waals surface area contributed by atoms with Crippen molar-refractivity contribution in [2.45, 2.75) is 32.7 Å². The van der Waals surface area contributed by atoms with Gasteiger partial charge in [-0.15, -0.1) is 0 Å². The Hall–Kier alpha value is -3.32. The molecule has 1 atom stereocenters. The number of rotatable bonds is 4. The minimum atomic E-state index is -0.480. The van der Waals surface area contributed by atoms with Crippen LogP contribution in [0.4, 0.5) is 5.82 Å². The van der Waals surface area contributed by atoms with E-state index in [1.165, 1.54) is 6.42 Å². The summed E-state index contributed by atoms with van der Waals surface area (Å²) in [5.41, 5.74) is 7.67. The molecular formula is C25H31N5O2. The standard InChI is InChI=1S/C25H31N5O2/c1-18-7-5-6-14-28-25-22(24(26)31)23(29-30(25)16-15-27-17-18)19-10-12-21(13-11-19)32-20-8-3-2-4-9-20/h2-4,8-13,18,27-28H,5-7,14-17H2,1H3,(H2,26,31). The second-order valence-corrected chi connectivity index (χ2v) is 8.33. The summed E-state index contributed by atoms with van der Waals surface area (Å²) in [5.74, 6) is 2.36. The van der Waals surface area contributed by atoms with Crippen LogP contribution in [0.15, 0.2) is 54.6 Å². The van der Waals surface area contributed by atoms with E-state index in [4.69, 9.17) is 15.6 Å². The summed E-state index contributed by atoms with van der Waals surface area (Å²) in [5, 5.41) is 11.7. The van der Waals surface area contributed by atoms with E-state index in [-0.39, 0.29) is 0 Å². The van der Waals surface area contributed by atoms with Gasteiger partial charge in [-0.3, -0.25) is 4.79 Å². The molecule has 1 unspecified atom stereocenters. The lowest BCUT2D eigenvalue weighted by Crippen LogP contribution is -2.27. The van der Waals surface area contributed by atoms with Crippen molar-refractivity contribution in [1.29, 1.82) is 0 Å². The molecule has 0 saturated heterocycles. The molecule has 168 valence electrons. The molecule has 0 saturated carbocycles. The average molecular weight is 434 g/mol. The summed E-state index contributed by atoms with van der Waals surface area (Å²) < 4.78 is 7.75. The number of nitrogens with two attached hydrogens (primary N) is 1. The Labute approximate surface area is 189 Å². The first-order chi connectivity index (χ1) is 15.6. The zero-order valence-electron chi connectivity index (χ0n) is 18.5. The fourth-order valence-electron chi connectivity index (χ4n) is 4.00. The number of ether oxygens (including phenoxy) is 1. The zero-order chi connectivity index (χ0) is 22.3. The monoisotopic (exact) mass is 433 g/mol. The molecule has 32 heavy (non-hydrogen) atoms. The number of benzene rings is 2. The summed E-state index contributed by atoms with van der Waals surface area (Å²) in [4.78, 5) is 12.4. The molecule has 4 N–H and O–H groups in total. The van der Waals surface area contributed by atoms with Crippen LogP contribution in [-0.4, -0.2) is 35.3 Å². The van der Waals surface area contributed by atoms with Crippen LogP contribution in [0, 0.1) is 5.92 Å². The second-order valence-electron chi connectivity index (χ2n) is 8.33. The lowest BCUT2D eigenvalue weighted by molar-refractivity contribution is 0.100. The Morgan fingerprint density at radius 3 is 2.56 bits per heavy atom. The van der Waals surface area contributed by atoms with E-state index in [1.54, 1.807) is 0 Å². The minimum Gasteiger partial charge on any atom is -0.457 e. The van der Waals surface area contributed by atoms with Crippen LogP contribution < -0.4 is 21.1 Å². The van der Waals surface area contributed by atoms with E-state index < -0.39 is 5.91 Å². The first-order valence-corrected chi connectivity index (χ1v) is 11.3. The van der Waals surface area contributed by atoms with Gasteiger partial charge in [0.25, 0.3) is 5.91 Å². The molecule has 1 amide bonds. The lowest BCUT2D eigenvalue weighted by Gasteiger charge is -2.16. The molecule has 2 aromatic carbocycles. The molecule has 7 nitrogen and oxygen atoms in total. The van der Waals surface area contributed by atoms with E-state index >= 15 is 0 Å². The SMILES string of the molecule is CC1CCCCNc2c(C(N)=O)c(-c3ccc(Oc4ccccc4)cc3)nn2CCNC1. The van der Waals surface area contributed by atoms with Gasteiger partial charge in [-0.2, -0.15) is 5.10 Å². The number of carbonyl (C=O) groups is 1. The van der Waals surface area contributed by atoms with Crippen molar-refractivity contribution in [3.05, 3.63) is 60.2 Å². The fourth-order valence-corrected chi connectivity index (χ4v) is 4.00. The highest BCUT2D eigenvalue weighted by molar-refractivity contribution is 6.03. The van der Waals surface area contributed by atoms with Gasteiger partial charge in [0.15, 0.2) is 0 Å². The van der Waals surface area contributed by atoms with Crippen molar-refractivity contribution in [1.82, 2.24) is 15.1 Å². The van der Waals surface area contributed by atoms with E-state index in [2.05, 4.69) is 17.6 Å². The highest BCUT2D eigenvalue weighted by Gasteiger charge is 2.23. The Bertz CT molecular complexity index is 1030. The first kappa shape index (κ1) is 21.9. The molecule has 2 heterocycles. The van der Waals surface area contributed by atoms with Crippen molar-refractivity contribution in [2.24, 2.45) is 11.7 Å². The number of nitrogens with zero attached hydrogens (tertiary/aromatic N) is 2. The number of carbonyl (C=O) groups excluding carboxylic acids is 1. The number of nitrogens with one attached hydrogen (secondary N) is 2. The van der Waals surface area contributed by atoms with Crippen LogP contribution in [0.2, 0.25) is 0 Å². The van der Waals surface area contributed by atoms with Gasteiger partial charge in [0.2, 0.25) is 0 Å². The van der Waals surface area contributed by atoms with Crippen LogP contribution >= 0.6 is 0 Å². The Kier molecular flexibility index (Phi) is 7.07. The summed E-state index contributed by atoms with van der Waals surface area (Å²) >= 11 is 0. The van der Waals surface area contributed by atoms with Gasteiger partial charge in [0.1, 0.15) is 28.6 Å². The van der Waals surface area contributed by atoms with E-state index in [0.717, 1.165) is 49.5 Å². The first-order valence-electron chi connectivity index (χ1n) is 11.3. The van der Waals surface area contributed by atoms with Crippen molar-refractivity contribution in [2.75, 3.05) is 25.0 Å². The molecule has 4 rings (SSSR count). The van der Waals surface area contributed by atoms with Crippen LogP contribution in [0.25, 0.3) is 11.3 Å². The van der Waals surface area contributed by atoms with Crippen LogP contribution in [0.1, 0.15) is 36.5 Å². The van der Waals surface area contributed by atoms with Crippen LogP contribution in [0.5, 0.6) is 11.5 Å². The maximum absolute atomic E-state index is 12.4. The molecule has 1 aliphatic heterocycles. The van der Waals surface area contributed by atoms with Crippen molar-refractivity contribution >= 4 is 11.7 Å². The molecule has 0 radical (unpaired) electrons. The third kappa shape index (κ3) is 5.29. The van der Waals surface area contributed by atoms with Gasteiger partial charge < -0.3 is 21.1 Å². The molecule has 0 spiro atoms. The predicted octanol–water partition coefficient (Wildman–Crippen LogP) is 4.26. The molecule has 0 fully saturated rings. The predicted molar refractivity (Wildman–Crippen MR) is 127 cm³/mol. The fraction of sp³-hybridized carbons (Fsp3) is 0.360.